The number of nitrogens with zero attached hydrogens (tertiary/aromatic N) is 2. The minimum Gasteiger partial charge on any atom is -0.310 e. The normalized spacial score (nSPS) is 19.7. The second-order valence-corrected chi connectivity index (χ2v) is 4.69. The molecule has 2 aromatic rings. The summed E-state index contributed by atoms with van der Waals surface area (Å²) in [4.78, 5) is 8.83. The van der Waals surface area contributed by atoms with E-state index >= 15 is 0 Å². The molecule has 0 spiro atoms. The summed E-state index contributed by atoms with van der Waals surface area (Å²) in [5, 5.41) is 3.54. The Kier molecular flexibility index (Phi) is 3.33. The van der Waals surface area contributed by atoms with Crippen LogP contribution in [0.25, 0.3) is 11.4 Å². The van der Waals surface area contributed by atoms with Crippen molar-refractivity contribution in [3.05, 3.63) is 48.3 Å². The lowest BCUT2D eigenvalue weighted by Gasteiger charge is -2.23. The Bertz CT molecular complexity index is 487. The molecule has 18 heavy (non-hydrogen) atoms. The number of hydrogen-bond donors (Lipinski definition) is 1. The maximum absolute atomic E-state index is 4.52. The van der Waals surface area contributed by atoms with E-state index in [1.54, 1.807) is 6.20 Å². The van der Waals surface area contributed by atoms with Crippen LogP contribution >= 0.6 is 0 Å². The first kappa shape index (κ1) is 11.4. The molecule has 0 saturated carbocycles. The molecule has 2 aromatic heterocycles. The maximum atomic E-state index is 4.52. The third kappa shape index (κ3) is 2.41. The quantitative estimate of drug-likeness (QED) is 0.875. The van der Waals surface area contributed by atoms with Crippen molar-refractivity contribution in [3.63, 3.8) is 0 Å². The fourth-order valence-corrected chi connectivity index (χ4v) is 2.41. The highest BCUT2D eigenvalue weighted by Gasteiger charge is 2.14. The molecule has 1 aliphatic rings. The van der Waals surface area contributed by atoms with Gasteiger partial charge in [0, 0.05) is 18.4 Å². The average molecular weight is 239 g/mol. The SMILES string of the molecule is c1ccc(-c2ccc([C@@H]3CCCCN3)cn2)nc1. The molecule has 1 aliphatic heterocycles. The zero-order valence-electron chi connectivity index (χ0n) is 10.3. The highest BCUT2D eigenvalue weighted by molar-refractivity contribution is 5.53. The van der Waals surface area contributed by atoms with Crippen molar-refractivity contribution in [3.8, 4) is 11.4 Å². The second kappa shape index (κ2) is 5.27. The van der Waals surface area contributed by atoms with Crippen molar-refractivity contribution in [1.82, 2.24) is 15.3 Å². The first-order valence-electron chi connectivity index (χ1n) is 6.54. The van der Waals surface area contributed by atoms with Crippen LogP contribution in [0, 0.1) is 0 Å². The summed E-state index contributed by atoms with van der Waals surface area (Å²) in [5.74, 6) is 0. The first-order valence-corrected chi connectivity index (χ1v) is 6.54. The molecule has 1 saturated heterocycles. The molecule has 0 aliphatic carbocycles. The lowest BCUT2D eigenvalue weighted by atomic mass is 9.99. The van der Waals surface area contributed by atoms with Crippen LogP contribution in [0.4, 0.5) is 0 Å². The molecule has 92 valence electrons. The highest BCUT2D eigenvalue weighted by atomic mass is 14.9. The van der Waals surface area contributed by atoms with Crippen LogP contribution in [0.5, 0.6) is 0 Å². The number of aromatic nitrogens is 2. The van der Waals surface area contributed by atoms with Gasteiger partial charge in [-0.1, -0.05) is 18.6 Å². The Hall–Kier alpha value is -1.74. The van der Waals surface area contributed by atoms with Gasteiger partial charge in [0.25, 0.3) is 0 Å². The van der Waals surface area contributed by atoms with Crippen LogP contribution < -0.4 is 5.32 Å². The van der Waals surface area contributed by atoms with Gasteiger partial charge in [0.2, 0.25) is 0 Å². The van der Waals surface area contributed by atoms with Gasteiger partial charge in [0.05, 0.1) is 11.4 Å². The van der Waals surface area contributed by atoms with Crippen LogP contribution in [-0.4, -0.2) is 16.5 Å². The maximum Gasteiger partial charge on any atom is 0.0886 e. The predicted molar refractivity (Wildman–Crippen MR) is 72.1 cm³/mol. The summed E-state index contributed by atoms with van der Waals surface area (Å²) >= 11 is 0. The summed E-state index contributed by atoms with van der Waals surface area (Å²) in [7, 11) is 0. The summed E-state index contributed by atoms with van der Waals surface area (Å²) in [6.07, 6.45) is 7.58. The molecule has 0 aromatic carbocycles. The van der Waals surface area contributed by atoms with E-state index in [1.807, 2.05) is 24.4 Å². The number of hydrogen-bond acceptors (Lipinski definition) is 3. The Labute approximate surface area is 107 Å². The molecule has 0 amide bonds. The van der Waals surface area contributed by atoms with Gasteiger partial charge in [-0.3, -0.25) is 9.97 Å². The van der Waals surface area contributed by atoms with Gasteiger partial charge < -0.3 is 5.32 Å². The van der Waals surface area contributed by atoms with Crippen molar-refractivity contribution in [2.24, 2.45) is 0 Å². The summed E-state index contributed by atoms with van der Waals surface area (Å²) in [6.45, 7) is 1.12. The van der Waals surface area contributed by atoms with Gasteiger partial charge in [0.15, 0.2) is 0 Å². The fraction of sp³-hybridized carbons (Fsp3) is 0.333. The van der Waals surface area contributed by atoms with Gasteiger partial charge in [-0.25, -0.2) is 0 Å². The van der Waals surface area contributed by atoms with E-state index in [1.165, 1.54) is 24.8 Å². The van der Waals surface area contributed by atoms with Crippen molar-refractivity contribution in [2.45, 2.75) is 25.3 Å². The van der Waals surface area contributed by atoms with E-state index in [2.05, 4.69) is 27.4 Å². The van der Waals surface area contributed by atoms with Crippen molar-refractivity contribution in [2.75, 3.05) is 6.54 Å². The lowest BCUT2D eigenvalue weighted by Crippen LogP contribution is -2.26. The van der Waals surface area contributed by atoms with Crippen LogP contribution in [0.1, 0.15) is 30.9 Å². The van der Waals surface area contributed by atoms with E-state index in [0.717, 1.165) is 17.9 Å². The van der Waals surface area contributed by atoms with E-state index in [4.69, 9.17) is 0 Å². The monoisotopic (exact) mass is 239 g/mol. The Morgan fingerprint density at radius 1 is 1.00 bits per heavy atom. The summed E-state index contributed by atoms with van der Waals surface area (Å²) in [6, 6.07) is 10.6. The highest BCUT2D eigenvalue weighted by Crippen LogP contribution is 2.23. The van der Waals surface area contributed by atoms with E-state index in [-0.39, 0.29) is 0 Å². The molecule has 1 fully saturated rings. The molecular weight excluding hydrogens is 222 g/mol. The Morgan fingerprint density at radius 2 is 1.94 bits per heavy atom. The standard InChI is InChI=1S/C15H17N3/c1-3-9-16-13(5-1)12-7-8-15(18-11-12)14-6-2-4-10-17-14/h2,4,6-8,10-11,13,16H,1,3,5,9H2/t13-/m0/s1. The van der Waals surface area contributed by atoms with Gasteiger partial charge in [-0.15, -0.1) is 0 Å². The summed E-state index contributed by atoms with van der Waals surface area (Å²) in [5.41, 5.74) is 3.16. The molecule has 3 nitrogen and oxygen atoms in total. The van der Waals surface area contributed by atoms with Crippen LogP contribution in [0.15, 0.2) is 42.7 Å². The Balaban J connectivity index is 1.80. The van der Waals surface area contributed by atoms with Crippen molar-refractivity contribution >= 4 is 0 Å². The third-order valence-corrected chi connectivity index (χ3v) is 3.43. The van der Waals surface area contributed by atoms with Crippen LogP contribution in [0.3, 0.4) is 0 Å². The molecule has 0 radical (unpaired) electrons. The van der Waals surface area contributed by atoms with E-state index in [0.29, 0.717) is 6.04 Å². The average Bonchev–Trinajstić information content (AvgIpc) is 2.49. The van der Waals surface area contributed by atoms with Gasteiger partial charge in [-0.05, 0) is 43.1 Å². The number of nitrogens with one attached hydrogen (secondary N) is 1. The second-order valence-electron chi connectivity index (χ2n) is 4.69. The number of rotatable bonds is 2. The minimum absolute atomic E-state index is 0.476. The number of piperidine rings is 1. The van der Waals surface area contributed by atoms with Gasteiger partial charge >= 0.3 is 0 Å². The third-order valence-electron chi connectivity index (χ3n) is 3.43. The summed E-state index contributed by atoms with van der Waals surface area (Å²) < 4.78 is 0. The lowest BCUT2D eigenvalue weighted by molar-refractivity contribution is 0.411. The topological polar surface area (TPSA) is 37.8 Å². The molecule has 3 heteroatoms. The minimum atomic E-state index is 0.476. The van der Waals surface area contributed by atoms with E-state index in [9.17, 15) is 0 Å². The largest absolute Gasteiger partial charge is 0.310 e. The molecule has 0 bridgehead atoms. The van der Waals surface area contributed by atoms with Crippen LogP contribution in [0.2, 0.25) is 0 Å². The van der Waals surface area contributed by atoms with Gasteiger partial charge in [0.1, 0.15) is 0 Å². The van der Waals surface area contributed by atoms with Crippen molar-refractivity contribution in [1.29, 1.82) is 0 Å². The molecule has 1 N–H and O–H groups in total. The zero-order valence-corrected chi connectivity index (χ0v) is 10.3. The van der Waals surface area contributed by atoms with Crippen molar-refractivity contribution < 1.29 is 0 Å². The number of pyridine rings is 2. The molecular formula is C15H17N3. The smallest absolute Gasteiger partial charge is 0.0886 e. The fourth-order valence-electron chi connectivity index (χ4n) is 2.41. The predicted octanol–water partition coefficient (Wildman–Crippen LogP) is 2.96. The first-order chi connectivity index (χ1) is 8.93. The van der Waals surface area contributed by atoms with E-state index < -0.39 is 0 Å². The van der Waals surface area contributed by atoms with Crippen LogP contribution in [-0.2, 0) is 0 Å². The van der Waals surface area contributed by atoms with Gasteiger partial charge in [-0.2, -0.15) is 0 Å². The Morgan fingerprint density at radius 3 is 2.61 bits per heavy atom. The zero-order chi connectivity index (χ0) is 12.2. The molecule has 3 rings (SSSR count). The molecule has 0 unspecified atom stereocenters. The molecule has 3 heterocycles. The molecule has 1 atom stereocenters.